The molecular weight excluding hydrogens is 336 g/mol. The van der Waals surface area contributed by atoms with Gasteiger partial charge >= 0.3 is 5.97 Å². The fourth-order valence-corrected chi connectivity index (χ4v) is 2.22. The lowest BCUT2D eigenvalue weighted by molar-refractivity contribution is -0.142. The molecule has 0 radical (unpaired) electrons. The van der Waals surface area contributed by atoms with Gasteiger partial charge in [0, 0.05) is 5.54 Å². The fraction of sp³-hybridized carbons (Fsp3) is 0.579. The number of esters is 1. The van der Waals surface area contributed by atoms with E-state index in [9.17, 15) is 9.59 Å². The van der Waals surface area contributed by atoms with Crippen molar-refractivity contribution in [2.24, 2.45) is 0 Å². The van der Waals surface area contributed by atoms with Crippen molar-refractivity contribution in [3.05, 3.63) is 24.3 Å². The lowest BCUT2D eigenvalue weighted by Gasteiger charge is -2.28. The highest BCUT2D eigenvalue weighted by molar-refractivity contribution is 5.78. The third kappa shape index (κ3) is 8.20. The largest absolute Gasteiger partial charge is 0.494 e. The molecule has 1 aromatic rings. The molecule has 1 rings (SSSR count). The molecule has 0 aliphatic carbocycles. The van der Waals surface area contributed by atoms with Crippen molar-refractivity contribution in [3.8, 4) is 11.5 Å². The van der Waals surface area contributed by atoms with E-state index < -0.39 is 5.54 Å². The van der Waals surface area contributed by atoms with Crippen LogP contribution in [0.4, 0.5) is 0 Å². The van der Waals surface area contributed by atoms with Crippen molar-refractivity contribution < 1.29 is 23.8 Å². The number of carbonyl (C=O) groups is 2. The van der Waals surface area contributed by atoms with E-state index in [-0.39, 0.29) is 24.8 Å². The second-order valence-electron chi connectivity index (χ2n) is 6.12. The number of hydrogen-bond donors (Lipinski definition) is 2. The molecule has 0 aliphatic rings. The Morgan fingerprint density at radius 3 is 2.23 bits per heavy atom. The van der Waals surface area contributed by atoms with Crippen LogP contribution in [-0.4, -0.2) is 50.8 Å². The van der Waals surface area contributed by atoms with Gasteiger partial charge in [0.1, 0.15) is 18.1 Å². The minimum Gasteiger partial charge on any atom is -0.494 e. The molecule has 26 heavy (non-hydrogen) atoms. The summed E-state index contributed by atoms with van der Waals surface area (Å²) in [6.07, 6.45) is 0.921. The molecule has 0 heterocycles. The Bertz CT molecular complexity index is 562. The second-order valence-corrected chi connectivity index (χ2v) is 6.12. The Hall–Kier alpha value is -2.28. The molecule has 0 fully saturated rings. The zero-order valence-electron chi connectivity index (χ0n) is 16.1. The molecule has 0 unspecified atom stereocenters. The molecule has 1 atom stereocenters. The van der Waals surface area contributed by atoms with E-state index in [4.69, 9.17) is 14.2 Å². The maximum Gasteiger partial charge on any atom is 0.307 e. The Morgan fingerprint density at radius 1 is 1.08 bits per heavy atom. The highest BCUT2D eigenvalue weighted by atomic mass is 16.5. The summed E-state index contributed by atoms with van der Waals surface area (Å²) in [5, 5.41) is 5.90. The Morgan fingerprint density at radius 2 is 1.69 bits per heavy atom. The lowest BCUT2D eigenvalue weighted by atomic mass is 9.94. The molecule has 1 aromatic carbocycles. The summed E-state index contributed by atoms with van der Waals surface area (Å²) in [5.74, 6) is 1.07. The number of methoxy groups -OCH3 is 1. The van der Waals surface area contributed by atoms with Crippen LogP contribution >= 0.6 is 0 Å². The van der Waals surface area contributed by atoms with Crippen molar-refractivity contribution >= 4 is 11.9 Å². The highest BCUT2D eigenvalue weighted by Crippen LogP contribution is 2.17. The van der Waals surface area contributed by atoms with Gasteiger partial charge in [-0.25, -0.2) is 0 Å². The zero-order chi connectivity index (χ0) is 19.4. The van der Waals surface area contributed by atoms with Gasteiger partial charge in [-0.1, -0.05) is 6.92 Å². The SMILES string of the molecule is CCOc1ccc(OCCNC(=O)CN[C@@](C)(CC)CC(=O)OC)cc1. The zero-order valence-corrected chi connectivity index (χ0v) is 16.1. The molecule has 146 valence electrons. The van der Waals surface area contributed by atoms with Gasteiger partial charge in [-0.3, -0.25) is 9.59 Å². The van der Waals surface area contributed by atoms with E-state index in [0.717, 1.165) is 11.5 Å². The van der Waals surface area contributed by atoms with Crippen LogP contribution in [0.25, 0.3) is 0 Å². The summed E-state index contributed by atoms with van der Waals surface area (Å²) in [5.41, 5.74) is -0.469. The van der Waals surface area contributed by atoms with Crippen LogP contribution in [0.5, 0.6) is 11.5 Å². The van der Waals surface area contributed by atoms with Crippen LogP contribution in [-0.2, 0) is 14.3 Å². The standard InChI is InChI=1S/C19H30N2O5/c1-5-19(3,13-18(23)24-4)21-14-17(22)20-11-12-26-16-9-7-15(8-10-16)25-6-2/h7-10,21H,5-6,11-14H2,1-4H3,(H,20,22)/t19-/m0/s1. The van der Waals surface area contributed by atoms with E-state index >= 15 is 0 Å². The van der Waals surface area contributed by atoms with Crippen molar-refractivity contribution in [1.29, 1.82) is 0 Å². The third-order valence-corrected chi connectivity index (χ3v) is 4.05. The van der Waals surface area contributed by atoms with Gasteiger partial charge in [-0.2, -0.15) is 0 Å². The summed E-state index contributed by atoms with van der Waals surface area (Å²) in [4.78, 5) is 23.4. The number of amides is 1. The Kier molecular flexibility index (Phi) is 9.51. The number of ether oxygens (including phenoxy) is 3. The highest BCUT2D eigenvalue weighted by Gasteiger charge is 2.26. The quantitative estimate of drug-likeness (QED) is 0.434. The predicted octanol–water partition coefficient (Wildman–Crippen LogP) is 1.90. The van der Waals surface area contributed by atoms with Crippen molar-refractivity contribution in [2.45, 2.75) is 39.2 Å². The van der Waals surface area contributed by atoms with Gasteiger partial charge in [0.15, 0.2) is 0 Å². The molecule has 7 nitrogen and oxygen atoms in total. The molecular formula is C19H30N2O5. The number of carbonyl (C=O) groups excluding carboxylic acids is 2. The second kappa shape index (κ2) is 11.4. The van der Waals surface area contributed by atoms with Crippen LogP contribution in [0.1, 0.15) is 33.6 Å². The first-order chi connectivity index (χ1) is 12.4. The first-order valence-corrected chi connectivity index (χ1v) is 8.86. The first kappa shape index (κ1) is 21.8. The molecule has 0 saturated heterocycles. The average molecular weight is 366 g/mol. The summed E-state index contributed by atoms with van der Waals surface area (Å²) in [6.45, 7) is 7.30. The first-order valence-electron chi connectivity index (χ1n) is 8.86. The molecule has 2 N–H and O–H groups in total. The third-order valence-electron chi connectivity index (χ3n) is 4.05. The molecule has 0 aromatic heterocycles. The van der Waals surface area contributed by atoms with Gasteiger partial charge in [0.2, 0.25) is 5.91 Å². The van der Waals surface area contributed by atoms with Crippen LogP contribution < -0.4 is 20.1 Å². The molecule has 7 heteroatoms. The summed E-state index contributed by atoms with van der Waals surface area (Å²) >= 11 is 0. The maximum atomic E-state index is 11.9. The number of benzene rings is 1. The Balaban J connectivity index is 2.26. The van der Waals surface area contributed by atoms with E-state index in [1.54, 1.807) is 0 Å². The molecule has 0 spiro atoms. The minimum absolute atomic E-state index is 0.129. The van der Waals surface area contributed by atoms with Crippen LogP contribution in [0, 0.1) is 0 Å². The molecule has 0 saturated carbocycles. The van der Waals surface area contributed by atoms with Gasteiger partial charge in [-0.05, 0) is 44.5 Å². The van der Waals surface area contributed by atoms with E-state index in [2.05, 4.69) is 10.6 Å². The number of hydrogen-bond acceptors (Lipinski definition) is 6. The van der Waals surface area contributed by atoms with Crippen LogP contribution in [0.3, 0.4) is 0 Å². The van der Waals surface area contributed by atoms with Gasteiger partial charge < -0.3 is 24.8 Å². The topological polar surface area (TPSA) is 85.9 Å². The monoisotopic (exact) mass is 366 g/mol. The van der Waals surface area contributed by atoms with E-state index in [1.165, 1.54) is 7.11 Å². The average Bonchev–Trinajstić information content (AvgIpc) is 2.65. The van der Waals surface area contributed by atoms with E-state index in [1.807, 2.05) is 45.0 Å². The van der Waals surface area contributed by atoms with Crippen LogP contribution in [0.2, 0.25) is 0 Å². The molecule has 0 bridgehead atoms. The minimum atomic E-state index is -0.469. The van der Waals surface area contributed by atoms with Crippen molar-refractivity contribution in [1.82, 2.24) is 10.6 Å². The predicted molar refractivity (Wildman–Crippen MR) is 99.4 cm³/mol. The van der Waals surface area contributed by atoms with Crippen molar-refractivity contribution in [2.75, 3.05) is 33.4 Å². The normalized spacial score (nSPS) is 12.8. The molecule has 1 amide bonds. The van der Waals surface area contributed by atoms with Gasteiger partial charge in [-0.15, -0.1) is 0 Å². The fourth-order valence-electron chi connectivity index (χ4n) is 2.22. The smallest absolute Gasteiger partial charge is 0.307 e. The summed E-state index contributed by atoms with van der Waals surface area (Å²) in [7, 11) is 1.36. The summed E-state index contributed by atoms with van der Waals surface area (Å²) in [6, 6.07) is 7.34. The molecule has 0 aliphatic heterocycles. The van der Waals surface area contributed by atoms with Gasteiger partial charge in [0.05, 0.1) is 33.2 Å². The van der Waals surface area contributed by atoms with Crippen LogP contribution in [0.15, 0.2) is 24.3 Å². The van der Waals surface area contributed by atoms with E-state index in [0.29, 0.717) is 26.2 Å². The Labute approximate surface area is 155 Å². The van der Waals surface area contributed by atoms with Gasteiger partial charge in [0.25, 0.3) is 0 Å². The lowest BCUT2D eigenvalue weighted by Crippen LogP contribution is -2.48. The number of rotatable bonds is 12. The number of nitrogens with one attached hydrogen (secondary N) is 2. The maximum absolute atomic E-state index is 11.9. The van der Waals surface area contributed by atoms with Crippen molar-refractivity contribution in [3.63, 3.8) is 0 Å². The summed E-state index contributed by atoms with van der Waals surface area (Å²) < 4.78 is 15.6.